The summed E-state index contributed by atoms with van der Waals surface area (Å²) in [5.74, 6) is -0.892. The Morgan fingerprint density at radius 1 is 0.773 bits per heavy atom. The molecule has 1 amide bonds. The van der Waals surface area contributed by atoms with Gasteiger partial charge in [0.15, 0.2) is 0 Å². The fraction of sp³-hybridized carbons (Fsp3) is 0.882. The van der Waals surface area contributed by atoms with E-state index in [1.165, 1.54) is 57.8 Å². The van der Waals surface area contributed by atoms with Crippen LogP contribution >= 0.6 is 0 Å². The number of nitrogens with one attached hydrogen (secondary N) is 1. The molecule has 0 bridgehead atoms. The first-order valence-corrected chi connectivity index (χ1v) is 8.65. The third-order valence-corrected chi connectivity index (χ3v) is 3.67. The zero-order valence-corrected chi connectivity index (χ0v) is 13.7. The van der Waals surface area contributed by atoms with Gasteiger partial charge in [-0.05, 0) is 6.42 Å². The fourth-order valence-electron chi connectivity index (χ4n) is 2.35. The van der Waals surface area contributed by atoms with Crippen LogP contribution in [0.4, 0.5) is 0 Å². The Labute approximate surface area is 158 Å². The molecule has 0 saturated heterocycles. The molecular formula is C17H34NNaO3. The molecule has 0 rings (SSSR count). The first-order valence-electron chi connectivity index (χ1n) is 8.65. The number of rotatable bonds is 15. The van der Waals surface area contributed by atoms with E-state index >= 15 is 0 Å². The monoisotopic (exact) mass is 323 g/mol. The molecule has 0 fully saturated rings. The van der Waals surface area contributed by atoms with Gasteiger partial charge in [-0.1, -0.05) is 71.1 Å². The van der Waals surface area contributed by atoms with E-state index in [1.807, 2.05) is 0 Å². The summed E-state index contributed by atoms with van der Waals surface area (Å²) in [6.07, 6.45) is 14.5. The van der Waals surface area contributed by atoms with Gasteiger partial charge in [0.2, 0.25) is 5.91 Å². The van der Waals surface area contributed by atoms with Gasteiger partial charge in [0.25, 0.3) is 0 Å². The number of hydrogen-bond acceptors (Lipinski definition) is 2. The third-order valence-electron chi connectivity index (χ3n) is 3.67. The van der Waals surface area contributed by atoms with Crippen LogP contribution < -0.4 is 5.32 Å². The Hall–Kier alpha value is -0.0600. The molecule has 5 heteroatoms. The zero-order valence-electron chi connectivity index (χ0n) is 13.7. The Kier molecular flexibility index (Phi) is 20.9. The number of unbranched alkanes of at least 4 members (excludes halogenated alkanes) is 10. The van der Waals surface area contributed by atoms with Gasteiger partial charge in [-0.15, -0.1) is 0 Å². The minimum atomic E-state index is -0.870. The van der Waals surface area contributed by atoms with E-state index in [4.69, 9.17) is 5.11 Å². The number of aliphatic carboxylic acids is 1. The van der Waals surface area contributed by atoms with Crippen LogP contribution in [0.25, 0.3) is 0 Å². The quantitative estimate of drug-likeness (QED) is 0.357. The van der Waals surface area contributed by atoms with Crippen molar-refractivity contribution in [1.82, 2.24) is 5.32 Å². The van der Waals surface area contributed by atoms with Crippen LogP contribution in [0.2, 0.25) is 0 Å². The van der Waals surface area contributed by atoms with Crippen LogP contribution in [0.3, 0.4) is 0 Å². The van der Waals surface area contributed by atoms with E-state index in [9.17, 15) is 9.59 Å². The number of carboxylic acid groups (broad SMARTS) is 1. The van der Waals surface area contributed by atoms with Crippen LogP contribution in [0.1, 0.15) is 90.4 Å². The summed E-state index contributed by atoms with van der Waals surface area (Å²) in [5.41, 5.74) is 0. The summed E-state index contributed by atoms with van der Waals surface area (Å²) in [6, 6.07) is 0. The van der Waals surface area contributed by atoms with E-state index in [0.29, 0.717) is 6.42 Å². The second-order valence-corrected chi connectivity index (χ2v) is 5.78. The Morgan fingerprint density at radius 3 is 1.68 bits per heavy atom. The van der Waals surface area contributed by atoms with E-state index in [-0.39, 0.29) is 48.4 Å². The summed E-state index contributed by atoms with van der Waals surface area (Å²) in [6.45, 7) is 2.48. The van der Waals surface area contributed by atoms with Gasteiger partial charge >= 0.3 is 35.5 Å². The van der Waals surface area contributed by atoms with Crippen molar-refractivity contribution in [3.05, 3.63) is 0 Å². The van der Waals surface area contributed by atoms with Crippen LogP contribution in [0.5, 0.6) is 0 Å². The van der Waals surface area contributed by atoms with Crippen molar-refractivity contribution in [1.29, 1.82) is 0 Å². The van der Waals surface area contributed by atoms with Crippen molar-refractivity contribution in [3.8, 4) is 0 Å². The molecule has 0 atom stereocenters. The van der Waals surface area contributed by atoms with Crippen molar-refractivity contribution in [2.24, 2.45) is 0 Å². The molecule has 0 aromatic heterocycles. The van der Waals surface area contributed by atoms with Crippen molar-refractivity contribution < 1.29 is 14.7 Å². The van der Waals surface area contributed by atoms with Gasteiger partial charge in [-0.2, -0.15) is 0 Å². The molecule has 0 aromatic rings. The van der Waals surface area contributed by atoms with E-state index in [2.05, 4.69) is 12.2 Å². The molecule has 0 aliphatic heterocycles. The summed E-state index contributed by atoms with van der Waals surface area (Å²) < 4.78 is 0. The predicted octanol–water partition coefficient (Wildman–Crippen LogP) is 3.63. The predicted molar refractivity (Wildman–Crippen MR) is 93.5 cm³/mol. The Morgan fingerprint density at radius 2 is 1.23 bits per heavy atom. The summed E-state index contributed by atoms with van der Waals surface area (Å²) in [4.78, 5) is 21.7. The summed E-state index contributed by atoms with van der Waals surface area (Å²) >= 11 is 0. The van der Waals surface area contributed by atoms with E-state index in [0.717, 1.165) is 12.8 Å². The standard InChI is InChI=1S/C17H33NO3.Na.H/c1-2-3-4-5-6-7-8-9-10-11-12-13-16(19)18-15-14-17(20)21;;/h2-15H2,1H3,(H,18,19)(H,20,21);;. The number of amides is 1. The molecule has 0 aromatic carbocycles. The van der Waals surface area contributed by atoms with Crippen LogP contribution in [0, 0.1) is 0 Å². The molecule has 126 valence electrons. The van der Waals surface area contributed by atoms with Crippen molar-refractivity contribution in [3.63, 3.8) is 0 Å². The van der Waals surface area contributed by atoms with Gasteiger partial charge in [-0.25, -0.2) is 0 Å². The van der Waals surface area contributed by atoms with Crippen molar-refractivity contribution in [2.75, 3.05) is 6.54 Å². The molecule has 0 radical (unpaired) electrons. The maximum absolute atomic E-state index is 11.4. The number of carbonyl (C=O) groups excluding carboxylic acids is 1. The molecular weight excluding hydrogens is 289 g/mol. The maximum atomic E-state index is 11.4. The van der Waals surface area contributed by atoms with Crippen LogP contribution in [0.15, 0.2) is 0 Å². The van der Waals surface area contributed by atoms with Gasteiger partial charge in [0.05, 0.1) is 6.42 Å². The van der Waals surface area contributed by atoms with Gasteiger partial charge in [-0.3, -0.25) is 9.59 Å². The van der Waals surface area contributed by atoms with Gasteiger partial charge in [0.1, 0.15) is 0 Å². The minimum absolute atomic E-state index is 0. The Bertz CT molecular complexity index is 273. The normalized spacial score (nSPS) is 10.0. The number of hydrogen-bond donors (Lipinski definition) is 2. The van der Waals surface area contributed by atoms with Crippen molar-refractivity contribution in [2.45, 2.75) is 90.4 Å². The number of carbonyl (C=O) groups is 2. The molecule has 0 spiro atoms. The van der Waals surface area contributed by atoms with Crippen LogP contribution in [-0.4, -0.2) is 53.1 Å². The molecule has 2 N–H and O–H groups in total. The van der Waals surface area contributed by atoms with Gasteiger partial charge in [0, 0.05) is 13.0 Å². The molecule has 0 heterocycles. The van der Waals surface area contributed by atoms with Crippen LogP contribution in [-0.2, 0) is 9.59 Å². The van der Waals surface area contributed by atoms with E-state index < -0.39 is 5.97 Å². The molecule has 0 aliphatic carbocycles. The van der Waals surface area contributed by atoms with E-state index in [1.54, 1.807) is 0 Å². The molecule has 0 saturated carbocycles. The Balaban J connectivity index is 0. The molecule has 22 heavy (non-hydrogen) atoms. The fourth-order valence-corrected chi connectivity index (χ4v) is 2.35. The third kappa shape index (κ3) is 19.9. The first kappa shape index (κ1) is 24.2. The summed E-state index contributed by atoms with van der Waals surface area (Å²) in [7, 11) is 0. The molecule has 0 unspecified atom stereocenters. The van der Waals surface area contributed by atoms with Crippen molar-refractivity contribution >= 4 is 41.4 Å². The second kappa shape index (κ2) is 19.0. The SMILES string of the molecule is CCCCCCCCCCCCCC(=O)NCCC(=O)O.[NaH]. The zero-order chi connectivity index (χ0) is 15.8. The first-order chi connectivity index (χ1) is 10.2. The second-order valence-electron chi connectivity index (χ2n) is 5.78. The van der Waals surface area contributed by atoms with Gasteiger partial charge < -0.3 is 10.4 Å². The topological polar surface area (TPSA) is 66.4 Å². The number of carboxylic acids is 1. The molecule has 4 nitrogen and oxygen atoms in total. The molecule has 0 aliphatic rings. The average molecular weight is 323 g/mol. The average Bonchev–Trinajstić information content (AvgIpc) is 2.44. The summed E-state index contributed by atoms with van der Waals surface area (Å²) in [5, 5.41) is 11.1.